The molecule has 0 atom stereocenters. The number of aryl methyl sites for hydroxylation is 1. The summed E-state index contributed by atoms with van der Waals surface area (Å²) in [6, 6.07) is 10.5. The van der Waals surface area contributed by atoms with Gasteiger partial charge in [-0.2, -0.15) is 13.2 Å². The van der Waals surface area contributed by atoms with Crippen LogP contribution in [0.15, 0.2) is 48.7 Å². The maximum absolute atomic E-state index is 12.7. The zero-order valence-electron chi connectivity index (χ0n) is 12.9. The number of benzene rings is 2. The van der Waals surface area contributed by atoms with Gasteiger partial charge in [0.2, 0.25) is 0 Å². The number of nitrogens with one attached hydrogen (secondary N) is 1. The van der Waals surface area contributed by atoms with Gasteiger partial charge in [-0.05, 0) is 35.9 Å². The Labute approximate surface area is 136 Å². The number of fused-ring (bicyclic) bond motifs is 1. The van der Waals surface area contributed by atoms with E-state index in [0.717, 1.165) is 28.6 Å². The van der Waals surface area contributed by atoms with Gasteiger partial charge in [-0.1, -0.05) is 12.1 Å². The van der Waals surface area contributed by atoms with Crippen molar-refractivity contribution in [1.82, 2.24) is 4.57 Å². The van der Waals surface area contributed by atoms with Gasteiger partial charge in [-0.15, -0.1) is 0 Å². The minimum absolute atomic E-state index is 0.0438. The summed E-state index contributed by atoms with van der Waals surface area (Å²) in [4.78, 5) is 0. The summed E-state index contributed by atoms with van der Waals surface area (Å²) in [6.07, 6.45) is -1.26. The maximum Gasteiger partial charge on any atom is 0.416 e. The number of hydrogen-bond donors (Lipinski definition) is 1. The van der Waals surface area contributed by atoms with Crippen LogP contribution in [0, 0.1) is 5.41 Å². The molecule has 0 radical (unpaired) electrons. The zero-order valence-corrected chi connectivity index (χ0v) is 12.9. The van der Waals surface area contributed by atoms with E-state index in [9.17, 15) is 13.2 Å². The van der Waals surface area contributed by atoms with Crippen LogP contribution < -0.4 is 4.74 Å². The Balaban J connectivity index is 1.82. The van der Waals surface area contributed by atoms with E-state index in [-0.39, 0.29) is 6.61 Å². The topological polar surface area (TPSA) is 38.0 Å². The second-order valence-electron chi connectivity index (χ2n) is 5.51. The summed E-state index contributed by atoms with van der Waals surface area (Å²) in [5.41, 5.74) is 1.48. The van der Waals surface area contributed by atoms with Crippen LogP contribution in [-0.4, -0.2) is 10.8 Å². The fourth-order valence-electron chi connectivity index (χ4n) is 2.61. The first-order chi connectivity index (χ1) is 11.4. The van der Waals surface area contributed by atoms with Crippen molar-refractivity contribution >= 4 is 17.1 Å². The Hall–Kier alpha value is -2.76. The molecule has 24 heavy (non-hydrogen) atoms. The lowest BCUT2D eigenvalue weighted by Crippen LogP contribution is -2.06. The molecule has 6 heteroatoms. The summed E-state index contributed by atoms with van der Waals surface area (Å²) in [7, 11) is 1.89. The number of halogens is 3. The van der Waals surface area contributed by atoms with Gasteiger partial charge < -0.3 is 14.7 Å². The molecule has 0 fully saturated rings. The van der Waals surface area contributed by atoms with Gasteiger partial charge in [0.25, 0.3) is 0 Å². The number of nitrogens with zero attached hydrogens (tertiary/aromatic N) is 1. The summed E-state index contributed by atoms with van der Waals surface area (Å²) in [5, 5.41) is 8.31. The Morgan fingerprint density at radius 3 is 2.67 bits per heavy atom. The molecule has 0 aliphatic rings. The van der Waals surface area contributed by atoms with Gasteiger partial charge in [-0.25, -0.2) is 0 Å². The van der Waals surface area contributed by atoms with Crippen molar-refractivity contribution < 1.29 is 17.9 Å². The SMILES string of the molecule is Cn1cc(C=N)c2cc(OCc3cccc(C(F)(F)F)c3)ccc21. The Morgan fingerprint density at radius 2 is 1.96 bits per heavy atom. The van der Waals surface area contributed by atoms with E-state index in [4.69, 9.17) is 10.1 Å². The van der Waals surface area contributed by atoms with Crippen molar-refractivity contribution in [3.05, 3.63) is 65.4 Å². The molecule has 3 nitrogen and oxygen atoms in total. The molecule has 0 aliphatic heterocycles. The molecule has 0 aliphatic carbocycles. The Kier molecular flexibility index (Phi) is 4.05. The van der Waals surface area contributed by atoms with Crippen molar-refractivity contribution in [3.8, 4) is 5.75 Å². The number of alkyl halides is 3. The molecule has 0 saturated carbocycles. The number of ether oxygens (including phenoxy) is 1. The molecule has 0 bridgehead atoms. The monoisotopic (exact) mass is 332 g/mol. The summed E-state index contributed by atoms with van der Waals surface area (Å²) in [6.45, 7) is 0.0438. The largest absolute Gasteiger partial charge is 0.489 e. The molecule has 0 spiro atoms. The fraction of sp³-hybridized carbons (Fsp3) is 0.167. The van der Waals surface area contributed by atoms with Crippen molar-refractivity contribution in [2.24, 2.45) is 7.05 Å². The molecule has 1 aromatic heterocycles. The minimum Gasteiger partial charge on any atom is -0.489 e. The third kappa shape index (κ3) is 3.13. The van der Waals surface area contributed by atoms with Crippen molar-refractivity contribution in [2.75, 3.05) is 0 Å². The van der Waals surface area contributed by atoms with Gasteiger partial charge in [0.05, 0.1) is 5.56 Å². The lowest BCUT2D eigenvalue weighted by molar-refractivity contribution is -0.137. The van der Waals surface area contributed by atoms with Crippen LogP contribution in [0.2, 0.25) is 0 Å². The first kappa shape index (κ1) is 16.1. The highest BCUT2D eigenvalue weighted by Gasteiger charge is 2.30. The van der Waals surface area contributed by atoms with Crippen LogP contribution in [0.25, 0.3) is 10.9 Å². The van der Waals surface area contributed by atoms with Crippen molar-refractivity contribution in [3.63, 3.8) is 0 Å². The maximum atomic E-state index is 12.7. The van der Waals surface area contributed by atoms with Gasteiger partial charge in [-0.3, -0.25) is 0 Å². The van der Waals surface area contributed by atoms with Gasteiger partial charge in [0.15, 0.2) is 0 Å². The second kappa shape index (κ2) is 6.03. The predicted molar refractivity (Wildman–Crippen MR) is 86.6 cm³/mol. The second-order valence-corrected chi connectivity index (χ2v) is 5.51. The standard InChI is InChI=1S/C18H15F3N2O/c1-23-10-13(9-22)16-8-15(5-6-17(16)23)24-11-12-3-2-4-14(7-12)18(19,20)21/h2-10,22H,11H2,1H3. The van der Waals surface area contributed by atoms with Crippen LogP contribution >= 0.6 is 0 Å². The summed E-state index contributed by atoms with van der Waals surface area (Å²) < 4.78 is 45.7. The highest BCUT2D eigenvalue weighted by atomic mass is 19.4. The van der Waals surface area contributed by atoms with Crippen LogP contribution in [-0.2, 0) is 19.8 Å². The first-order valence-electron chi connectivity index (χ1n) is 7.27. The predicted octanol–water partition coefficient (Wildman–Crippen LogP) is 4.77. The Bertz CT molecular complexity index is 897. The van der Waals surface area contributed by atoms with Gasteiger partial charge in [0, 0.05) is 35.9 Å². The van der Waals surface area contributed by atoms with E-state index in [1.54, 1.807) is 18.2 Å². The molecule has 1 heterocycles. The van der Waals surface area contributed by atoms with Crippen LogP contribution in [0.4, 0.5) is 13.2 Å². The molecular formula is C18H15F3N2O. The van der Waals surface area contributed by atoms with E-state index in [1.807, 2.05) is 23.9 Å². The fourth-order valence-corrected chi connectivity index (χ4v) is 2.61. The smallest absolute Gasteiger partial charge is 0.416 e. The average Bonchev–Trinajstić information content (AvgIpc) is 2.88. The Morgan fingerprint density at radius 1 is 1.17 bits per heavy atom. The average molecular weight is 332 g/mol. The van der Waals surface area contributed by atoms with E-state index in [2.05, 4.69) is 0 Å². The molecule has 124 valence electrons. The van der Waals surface area contributed by atoms with E-state index >= 15 is 0 Å². The molecule has 3 aromatic rings. The molecule has 3 rings (SSSR count). The molecule has 2 aromatic carbocycles. The van der Waals surface area contributed by atoms with Gasteiger partial charge >= 0.3 is 6.18 Å². The molecule has 1 N–H and O–H groups in total. The number of hydrogen-bond acceptors (Lipinski definition) is 2. The van der Waals surface area contributed by atoms with Crippen molar-refractivity contribution in [2.45, 2.75) is 12.8 Å². The third-order valence-corrected chi connectivity index (χ3v) is 3.81. The van der Waals surface area contributed by atoms with Crippen LogP contribution in [0.3, 0.4) is 0 Å². The number of rotatable bonds is 4. The summed E-state index contributed by atoms with van der Waals surface area (Å²) in [5.74, 6) is 0.550. The highest BCUT2D eigenvalue weighted by molar-refractivity contribution is 5.99. The molecule has 0 saturated heterocycles. The van der Waals surface area contributed by atoms with E-state index in [1.165, 1.54) is 12.3 Å². The zero-order chi connectivity index (χ0) is 17.3. The van der Waals surface area contributed by atoms with Crippen molar-refractivity contribution in [1.29, 1.82) is 5.41 Å². The highest BCUT2D eigenvalue weighted by Crippen LogP contribution is 2.30. The lowest BCUT2D eigenvalue weighted by Gasteiger charge is -2.10. The minimum atomic E-state index is -4.36. The molecular weight excluding hydrogens is 317 g/mol. The van der Waals surface area contributed by atoms with Crippen LogP contribution in [0.5, 0.6) is 5.75 Å². The summed E-state index contributed by atoms with van der Waals surface area (Å²) >= 11 is 0. The van der Waals surface area contributed by atoms with E-state index in [0.29, 0.717) is 11.3 Å². The van der Waals surface area contributed by atoms with Gasteiger partial charge in [0.1, 0.15) is 12.4 Å². The first-order valence-corrected chi connectivity index (χ1v) is 7.27. The third-order valence-electron chi connectivity index (χ3n) is 3.81. The molecule has 0 amide bonds. The molecule has 0 unspecified atom stereocenters. The van der Waals surface area contributed by atoms with E-state index < -0.39 is 11.7 Å². The normalized spacial score (nSPS) is 11.7. The lowest BCUT2D eigenvalue weighted by atomic mass is 10.1. The quantitative estimate of drug-likeness (QED) is 0.686. The van der Waals surface area contributed by atoms with Crippen LogP contribution in [0.1, 0.15) is 16.7 Å². The number of aromatic nitrogens is 1.